The van der Waals surface area contributed by atoms with Crippen LogP contribution in [-0.4, -0.2) is 18.5 Å². The Morgan fingerprint density at radius 3 is 2.87 bits per heavy atom. The van der Waals surface area contributed by atoms with Crippen molar-refractivity contribution in [1.82, 2.24) is 5.32 Å². The van der Waals surface area contributed by atoms with Gasteiger partial charge < -0.3 is 10.1 Å². The molecule has 1 aromatic carbocycles. The number of benzene rings is 1. The van der Waals surface area contributed by atoms with Crippen LogP contribution in [0.1, 0.15) is 23.4 Å². The molecule has 1 aromatic heterocycles. The molecule has 1 amide bonds. The fourth-order valence-electron chi connectivity index (χ4n) is 1.85. The van der Waals surface area contributed by atoms with Crippen LogP contribution in [0.15, 0.2) is 47.9 Å². The van der Waals surface area contributed by atoms with Crippen LogP contribution in [0.3, 0.4) is 0 Å². The molecule has 0 aliphatic heterocycles. The summed E-state index contributed by atoms with van der Waals surface area (Å²) in [6, 6.07) is 9.49. The minimum Gasteiger partial charge on any atom is -0.452 e. The van der Waals surface area contributed by atoms with Crippen molar-refractivity contribution in [3.05, 3.63) is 64.1 Å². The molecule has 6 heteroatoms. The minimum absolute atomic E-state index is 0.135. The number of carbonyl (C=O) groups excluding carboxylic acids is 2. The number of amides is 1. The van der Waals surface area contributed by atoms with E-state index >= 15 is 0 Å². The average molecular weight is 333 g/mol. The monoisotopic (exact) mass is 333 g/mol. The predicted molar refractivity (Wildman–Crippen MR) is 87.3 cm³/mol. The van der Waals surface area contributed by atoms with Gasteiger partial charge in [-0.25, -0.2) is 9.18 Å². The molecule has 120 valence electrons. The summed E-state index contributed by atoms with van der Waals surface area (Å²) in [7, 11) is 0. The van der Waals surface area contributed by atoms with Gasteiger partial charge in [-0.3, -0.25) is 4.79 Å². The number of nitrogens with one attached hydrogen (secondary N) is 1. The first-order valence-corrected chi connectivity index (χ1v) is 7.86. The van der Waals surface area contributed by atoms with Gasteiger partial charge in [-0.2, -0.15) is 0 Å². The van der Waals surface area contributed by atoms with Crippen LogP contribution in [0, 0.1) is 5.82 Å². The smallest absolute Gasteiger partial charge is 0.331 e. The molecule has 0 saturated heterocycles. The van der Waals surface area contributed by atoms with Crippen LogP contribution in [0.2, 0.25) is 0 Å². The Kier molecular flexibility index (Phi) is 6.05. The van der Waals surface area contributed by atoms with Gasteiger partial charge in [0.1, 0.15) is 5.82 Å². The van der Waals surface area contributed by atoms with Crippen molar-refractivity contribution in [2.75, 3.05) is 6.61 Å². The van der Waals surface area contributed by atoms with Gasteiger partial charge in [0.2, 0.25) is 0 Å². The second-order valence-corrected chi connectivity index (χ2v) is 5.78. The van der Waals surface area contributed by atoms with Crippen LogP contribution < -0.4 is 5.32 Å². The summed E-state index contributed by atoms with van der Waals surface area (Å²) in [5.41, 5.74) is 0.540. The van der Waals surface area contributed by atoms with E-state index in [1.165, 1.54) is 18.2 Å². The SMILES string of the molecule is C[C@@H](NC(=O)COC(=O)/C=C/c1cccc(F)c1)c1cccs1. The summed E-state index contributed by atoms with van der Waals surface area (Å²) in [6.07, 6.45) is 2.59. The third kappa shape index (κ3) is 5.67. The third-order valence-electron chi connectivity index (χ3n) is 2.95. The fraction of sp³-hybridized carbons (Fsp3) is 0.176. The van der Waals surface area contributed by atoms with E-state index in [4.69, 9.17) is 4.74 Å². The normalized spacial score (nSPS) is 12.1. The van der Waals surface area contributed by atoms with Gasteiger partial charge in [-0.15, -0.1) is 11.3 Å². The highest BCUT2D eigenvalue weighted by atomic mass is 32.1. The van der Waals surface area contributed by atoms with E-state index < -0.39 is 5.97 Å². The highest BCUT2D eigenvalue weighted by Crippen LogP contribution is 2.17. The largest absolute Gasteiger partial charge is 0.452 e. The molecule has 2 aromatic rings. The first-order valence-electron chi connectivity index (χ1n) is 6.98. The van der Waals surface area contributed by atoms with E-state index in [0.717, 1.165) is 11.0 Å². The molecule has 0 unspecified atom stereocenters. The van der Waals surface area contributed by atoms with Crippen LogP contribution in [0.5, 0.6) is 0 Å². The van der Waals surface area contributed by atoms with E-state index in [2.05, 4.69) is 5.32 Å². The molecule has 0 radical (unpaired) electrons. The van der Waals surface area contributed by atoms with Crippen molar-refractivity contribution in [3.63, 3.8) is 0 Å². The molecule has 1 N–H and O–H groups in total. The molecular weight excluding hydrogens is 317 g/mol. The van der Waals surface area contributed by atoms with Crippen molar-refractivity contribution < 1.29 is 18.7 Å². The van der Waals surface area contributed by atoms with Crippen molar-refractivity contribution >= 4 is 29.3 Å². The molecule has 4 nitrogen and oxygen atoms in total. The first kappa shape index (κ1) is 16.9. The minimum atomic E-state index is -0.659. The molecule has 0 spiro atoms. The molecule has 0 aliphatic rings. The van der Waals surface area contributed by atoms with Gasteiger partial charge in [0.15, 0.2) is 6.61 Å². The zero-order valence-electron chi connectivity index (χ0n) is 12.5. The topological polar surface area (TPSA) is 55.4 Å². The molecule has 1 atom stereocenters. The molecular formula is C17H16FNO3S. The van der Waals surface area contributed by atoms with Gasteiger partial charge in [-0.1, -0.05) is 18.2 Å². The van der Waals surface area contributed by atoms with Gasteiger partial charge in [0, 0.05) is 11.0 Å². The molecule has 23 heavy (non-hydrogen) atoms. The van der Waals surface area contributed by atoms with Crippen molar-refractivity contribution in [3.8, 4) is 0 Å². The molecule has 0 bridgehead atoms. The van der Waals surface area contributed by atoms with E-state index in [9.17, 15) is 14.0 Å². The van der Waals surface area contributed by atoms with Crippen molar-refractivity contribution in [2.24, 2.45) is 0 Å². The number of hydrogen-bond acceptors (Lipinski definition) is 4. The average Bonchev–Trinajstić information content (AvgIpc) is 3.05. The molecule has 0 saturated carbocycles. The Bertz CT molecular complexity index is 698. The van der Waals surface area contributed by atoms with Crippen LogP contribution in [0.25, 0.3) is 6.08 Å². The summed E-state index contributed by atoms with van der Waals surface area (Å²) in [4.78, 5) is 24.3. The number of halogens is 1. The third-order valence-corrected chi connectivity index (χ3v) is 4.01. The maximum atomic E-state index is 13.0. The zero-order valence-corrected chi connectivity index (χ0v) is 13.3. The Morgan fingerprint density at radius 2 is 2.17 bits per heavy atom. The molecule has 2 rings (SSSR count). The predicted octanol–water partition coefficient (Wildman–Crippen LogP) is 3.32. The zero-order chi connectivity index (χ0) is 16.7. The highest BCUT2D eigenvalue weighted by Gasteiger charge is 2.11. The Balaban J connectivity index is 1.76. The number of thiophene rings is 1. The van der Waals surface area contributed by atoms with E-state index in [1.807, 2.05) is 24.4 Å². The molecule has 0 fully saturated rings. The molecule has 1 heterocycles. The first-order chi connectivity index (χ1) is 11.0. The Hall–Kier alpha value is -2.47. The quantitative estimate of drug-likeness (QED) is 0.652. The standard InChI is InChI=1S/C17H16FNO3S/c1-12(15-6-3-9-23-15)19-16(20)11-22-17(21)8-7-13-4-2-5-14(18)10-13/h2-10,12H,11H2,1H3,(H,19,20)/b8-7+/t12-/m1/s1. The van der Waals surface area contributed by atoms with Crippen molar-refractivity contribution in [1.29, 1.82) is 0 Å². The van der Waals surface area contributed by atoms with Gasteiger partial charge in [0.05, 0.1) is 6.04 Å². The number of hydrogen-bond donors (Lipinski definition) is 1. The van der Waals surface area contributed by atoms with E-state index in [1.54, 1.807) is 23.5 Å². The summed E-state index contributed by atoms with van der Waals surface area (Å²) >= 11 is 1.54. The highest BCUT2D eigenvalue weighted by molar-refractivity contribution is 7.10. The summed E-state index contributed by atoms with van der Waals surface area (Å²) in [5, 5.41) is 4.67. The van der Waals surface area contributed by atoms with Crippen LogP contribution >= 0.6 is 11.3 Å². The van der Waals surface area contributed by atoms with Crippen LogP contribution in [0.4, 0.5) is 4.39 Å². The van der Waals surface area contributed by atoms with Crippen LogP contribution in [-0.2, 0) is 14.3 Å². The van der Waals surface area contributed by atoms with E-state index in [-0.39, 0.29) is 24.4 Å². The summed E-state index contributed by atoms with van der Waals surface area (Å²) < 4.78 is 17.8. The fourth-order valence-corrected chi connectivity index (χ4v) is 2.59. The maximum Gasteiger partial charge on any atom is 0.331 e. The lowest BCUT2D eigenvalue weighted by molar-refractivity contribution is -0.144. The van der Waals surface area contributed by atoms with Gasteiger partial charge >= 0.3 is 5.97 Å². The summed E-state index contributed by atoms with van der Waals surface area (Å²) in [6.45, 7) is 1.50. The number of ether oxygens (including phenoxy) is 1. The maximum absolute atomic E-state index is 13.0. The second kappa shape index (κ2) is 8.24. The molecule has 0 aliphatic carbocycles. The van der Waals surface area contributed by atoms with Gasteiger partial charge in [-0.05, 0) is 42.1 Å². The number of esters is 1. The Morgan fingerprint density at radius 1 is 1.35 bits per heavy atom. The van der Waals surface area contributed by atoms with Gasteiger partial charge in [0.25, 0.3) is 5.91 Å². The number of rotatable bonds is 6. The number of carbonyl (C=O) groups is 2. The van der Waals surface area contributed by atoms with E-state index in [0.29, 0.717) is 5.56 Å². The second-order valence-electron chi connectivity index (χ2n) is 4.80. The Labute approximate surface area is 137 Å². The lowest BCUT2D eigenvalue weighted by Gasteiger charge is -2.11. The summed E-state index contributed by atoms with van der Waals surface area (Å²) in [5.74, 6) is -1.42. The van der Waals surface area contributed by atoms with Crippen molar-refractivity contribution in [2.45, 2.75) is 13.0 Å². The lowest BCUT2D eigenvalue weighted by Crippen LogP contribution is -2.30. The lowest BCUT2D eigenvalue weighted by atomic mass is 10.2.